The van der Waals surface area contributed by atoms with E-state index in [0.717, 1.165) is 0 Å². The van der Waals surface area contributed by atoms with Gasteiger partial charge in [-0.2, -0.15) is 0 Å². The summed E-state index contributed by atoms with van der Waals surface area (Å²) >= 11 is 0. The molecule has 212 valence electrons. The van der Waals surface area contributed by atoms with Gasteiger partial charge >= 0.3 is 11.8 Å². The van der Waals surface area contributed by atoms with Crippen LogP contribution in [0.5, 0.6) is 0 Å². The second-order valence-corrected chi connectivity index (χ2v) is 8.63. The predicted molar refractivity (Wildman–Crippen MR) is 132 cm³/mol. The van der Waals surface area contributed by atoms with E-state index in [1.54, 1.807) is 13.8 Å². The van der Waals surface area contributed by atoms with Crippen LogP contribution < -0.4 is 0 Å². The molecule has 0 spiro atoms. The Labute approximate surface area is 212 Å². The van der Waals surface area contributed by atoms with Crippen LogP contribution in [0.2, 0.25) is 0 Å². The molecule has 0 bridgehead atoms. The molecule has 0 fully saturated rings. The van der Waals surface area contributed by atoms with E-state index in [1.165, 1.54) is 7.11 Å². The molecule has 0 aliphatic carbocycles. The van der Waals surface area contributed by atoms with Gasteiger partial charge in [-0.25, -0.2) is 0 Å². The molecule has 0 saturated carbocycles. The fourth-order valence-corrected chi connectivity index (χ4v) is 2.96. The van der Waals surface area contributed by atoms with E-state index in [1.807, 2.05) is 34.6 Å². The Balaban J connectivity index is 5.72. The minimum absolute atomic E-state index is 0.0554. The zero-order valence-electron chi connectivity index (χ0n) is 23.2. The van der Waals surface area contributed by atoms with Gasteiger partial charge in [0, 0.05) is 7.11 Å². The van der Waals surface area contributed by atoms with Crippen LogP contribution in [0.25, 0.3) is 0 Å². The highest BCUT2D eigenvalue weighted by Crippen LogP contribution is 2.37. The van der Waals surface area contributed by atoms with Gasteiger partial charge in [0.25, 0.3) is 0 Å². The van der Waals surface area contributed by atoms with Crippen LogP contribution in [-0.2, 0) is 37.9 Å². The first-order valence-electron chi connectivity index (χ1n) is 13.0. The molecule has 0 aromatic heterocycles. The first-order valence-corrected chi connectivity index (χ1v) is 13.0. The molecule has 0 aliphatic heterocycles. The van der Waals surface area contributed by atoms with E-state index in [0.29, 0.717) is 32.3 Å². The molecule has 0 rings (SSSR count). The third kappa shape index (κ3) is 12.1. The average molecular weight is 513 g/mol. The van der Waals surface area contributed by atoms with Crippen LogP contribution in [-0.4, -0.2) is 99.9 Å². The van der Waals surface area contributed by atoms with E-state index < -0.39 is 24.2 Å². The third-order valence-corrected chi connectivity index (χ3v) is 4.83. The van der Waals surface area contributed by atoms with Gasteiger partial charge in [0.1, 0.15) is 0 Å². The van der Waals surface area contributed by atoms with Gasteiger partial charge in [0.15, 0.2) is 0 Å². The maximum absolute atomic E-state index is 12.0. The lowest BCUT2D eigenvalue weighted by molar-refractivity contribution is -0.524. The Bertz CT molecular complexity index is 473. The van der Waals surface area contributed by atoms with Crippen molar-refractivity contribution in [2.75, 3.05) is 53.4 Å². The molecule has 0 radical (unpaired) electrons. The van der Waals surface area contributed by atoms with Crippen molar-refractivity contribution in [3.63, 3.8) is 0 Å². The van der Waals surface area contributed by atoms with Gasteiger partial charge < -0.3 is 48.1 Å². The van der Waals surface area contributed by atoms with Crippen molar-refractivity contribution in [1.82, 2.24) is 0 Å². The molecule has 35 heavy (non-hydrogen) atoms. The van der Waals surface area contributed by atoms with Gasteiger partial charge in [0.05, 0.1) is 64.6 Å². The van der Waals surface area contributed by atoms with Crippen molar-refractivity contribution in [2.45, 2.75) is 111 Å². The van der Waals surface area contributed by atoms with E-state index in [2.05, 4.69) is 0 Å². The van der Waals surface area contributed by atoms with Crippen molar-refractivity contribution in [2.24, 2.45) is 0 Å². The molecule has 0 aromatic carbocycles. The highest BCUT2D eigenvalue weighted by molar-refractivity contribution is 4.86. The maximum Gasteiger partial charge on any atom is 0.346 e. The number of aliphatic hydroxyl groups is 2. The highest BCUT2D eigenvalue weighted by atomic mass is 16.9. The van der Waals surface area contributed by atoms with Crippen LogP contribution >= 0.6 is 0 Å². The summed E-state index contributed by atoms with van der Waals surface area (Å²) in [5.41, 5.74) is 0. The van der Waals surface area contributed by atoms with Gasteiger partial charge in [0.2, 0.25) is 6.29 Å². The summed E-state index contributed by atoms with van der Waals surface area (Å²) in [7, 11) is 1.41. The minimum atomic E-state index is -2.23. The summed E-state index contributed by atoms with van der Waals surface area (Å²) in [4.78, 5) is 0. The molecule has 0 aliphatic rings. The first kappa shape index (κ1) is 34.6. The maximum atomic E-state index is 12.0. The Hall–Kier alpha value is -0.400. The standard InChI is InChI=1S/C25H52O10/c1-9-13-31-24(27,25(32-14-10-2,33-15-11-3)34-16-12-4)23(28-8)35-22(7)19-30-21(6)18-29-20(5)17-26/h20-23,26-27H,9-19H2,1-8H3. The van der Waals surface area contributed by atoms with E-state index in [-0.39, 0.29) is 51.8 Å². The van der Waals surface area contributed by atoms with E-state index >= 15 is 0 Å². The molecule has 0 heterocycles. The van der Waals surface area contributed by atoms with Crippen molar-refractivity contribution < 1.29 is 48.1 Å². The molecule has 0 aromatic rings. The lowest BCUT2D eigenvalue weighted by Crippen LogP contribution is -2.68. The van der Waals surface area contributed by atoms with Crippen LogP contribution in [0.15, 0.2) is 0 Å². The molecule has 5 atom stereocenters. The molecule has 5 unspecified atom stereocenters. The summed E-state index contributed by atoms with van der Waals surface area (Å²) in [6.45, 7) is 14.7. The Morgan fingerprint density at radius 2 is 1.09 bits per heavy atom. The van der Waals surface area contributed by atoms with Crippen LogP contribution in [0.3, 0.4) is 0 Å². The minimum Gasteiger partial charge on any atom is -0.394 e. The third-order valence-electron chi connectivity index (χ3n) is 4.83. The SMILES string of the molecule is CCCOC(OCCC)(OCCC)C(O)(OCCC)C(OC)OC(C)COC(C)COC(C)CO. The highest BCUT2D eigenvalue weighted by Gasteiger charge is 2.63. The van der Waals surface area contributed by atoms with Gasteiger partial charge in [-0.3, -0.25) is 0 Å². The van der Waals surface area contributed by atoms with Crippen molar-refractivity contribution in [3.8, 4) is 0 Å². The van der Waals surface area contributed by atoms with Crippen LogP contribution in [0, 0.1) is 0 Å². The molecular weight excluding hydrogens is 460 g/mol. The summed E-state index contributed by atoms with van der Waals surface area (Å²) in [5.74, 6) is -4.18. The summed E-state index contributed by atoms with van der Waals surface area (Å²) in [6.07, 6.45) is 0.373. The van der Waals surface area contributed by atoms with E-state index in [4.69, 9.17) is 43.0 Å². The first-order chi connectivity index (χ1) is 16.7. The number of hydrogen-bond donors (Lipinski definition) is 2. The summed E-state index contributed by atoms with van der Waals surface area (Å²) in [6, 6.07) is 0. The van der Waals surface area contributed by atoms with E-state index in [9.17, 15) is 5.11 Å². The number of ether oxygens (including phenoxy) is 8. The molecule has 10 nitrogen and oxygen atoms in total. The van der Waals surface area contributed by atoms with Crippen molar-refractivity contribution in [3.05, 3.63) is 0 Å². The molecular formula is C25H52O10. The number of aliphatic hydroxyl groups excluding tert-OH is 1. The predicted octanol–water partition coefficient (Wildman–Crippen LogP) is 3.22. The summed E-state index contributed by atoms with van der Waals surface area (Å²) in [5, 5.41) is 21.1. The quantitative estimate of drug-likeness (QED) is 0.187. The number of methoxy groups -OCH3 is 1. The number of hydrogen-bond acceptors (Lipinski definition) is 10. The Kier molecular flexibility index (Phi) is 19.5. The Morgan fingerprint density at radius 3 is 1.51 bits per heavy atom. The Morgan fingerprint density at radius 1 is 0.657 bits per heavy atom. The van der Waals surface area contributed by atoms with Crippen molar-refractivity contribution >= 4 is 0 Å². The fourth-order valence-electron chi connectivity index (χ4n) is 2.96. The largest absolute Gasteiger partial charge is 0.394 e. The van der Waals surface area contributed by atoms with Gasteiger partial charge in [-0.05, 0) is 46.5 Å². The topological polar surface area (TPSA) is 114 Å². The second kappa shape index (κ2) is 19.7. The molecule has 0 saturated heterocycles. The summed E-state index contributed by atoms with van der Waals surface area (Å²) < 4.78 is 47.0. The zero-order chi connectivity index (χ0) is 26.7. The number of rotatable bonds is 24. The average Bonchev–Trinajstić information content (AvgIpc) is 2.87. The molecule has 10 heteroatoms. The lowest BCUT2D eigenvalue weighted by atomic mass is 10.2. The lowest BCUT2D eigenvalue weighted by Gasteiger charge is -2.47. The zero-order valence-corrected chi connectivity index (χ0v) is 23.2. The monoisotopic (exact) mass is 512 g/mol. The smallest absolute Gasteiger partial charge is 0.346 e. The van der Waals surface area contributed by atoms with Crippen molar-refractivity contribution in [1.29, 1.82) is 0 Å². The van der Waals surface area contributed by atoms with Crippen LogP contribution in [0.1, 0.15) is 74.1 Å². The van der Waals surface area contributed by atoms with Crippen LogP contribution in [0.4, 0.5) is 0 Å². The normalized spacial score (nSPS) is 17.7. The van der Waals surface area contributed by atoms with Gasteiger partial charge in [-0.15, -0.1) is 0 Å². The fraction of sp³-hybridized carbons (Fsp3) is 1.00. The molecule has 2 N–H and O–H groups in total. The molecule has 0 amide bonds. The second-order valence-electron chi connectivity index (χ2n) is 8.63. The van der Waals surface area contributed by atoms with Gasteiger partial charge in [-0.1, -0.05) is 27.7 Å².